The lowest BCUT2D eigenvalue weighted by atomic mass is 9.98. The molecular formula is C28H24N4O3. The monoisotopic (exact) mass is 464 g/mol. The van der Waals surface area contributed by atoms with Crippen molar-refractivity contribution < 1.29 is 5.11 Å². The van der Waals surface area contributed by atoms with Crippen LogP contribution in [-0.2, 0) is 14.1 Å². The van der Waals surface area contributed by atoms with Crippen LogP contribution in [0.2, 0.25) is 0 Å². The Labute approximate surface area is 201 Å². The maximum atomic E-state index is 13.7. The van der Waals surface area contributed by atoms with Crippen LogP contribution < -0.4 is 16.6 Å². The number of para-hydroxylation sites is 3. The molecule has 3 aromatic carbocycles. The molecule has 3 heterocycles. The third-order valence-electron chi connectivity index (χ3n) is 6.87. The number of aryl methyl sites for hydroxylation is 2. The highest BCUT2D eigenvalue weighted by molar-refractivity contribution is 5.99. The van der Waals surface area contributed by atoms with Gasteiger partial charge in [0.15, 0.2) is 0 Å². The molecule has 174 valence electrons. The van der Waals surface area contributed by atoms with Gasteiger partial charge in [-0.1, -0.05) is 54.1 Å². The second-order valence-corrected chi connectivity index (χ2v) is 9.02. The smallest absolute Gasteiger partial charge is 0.331 e. The minimum Gasteiger partial charge on any atom is -0.508 e. The average molecular weight is 465 g/mol. The Morgan fingerprint density at radius 1 is 0.886 bits per heavy atom. The Hall–Kier alpha value is -4.52. The van der Waals surface area contributed by atoms with Crippen molar-refractivity contribution in [2.24, 2.45) is 14.1 Å². The van der Waals surface area contributed by atoms with Crippen LogP contribution in [0.25, 0.3) is 27.8 Å². The summed E-state index contributed by atoms with van der Waals surface area (Å²) in [6.45, 7) is 2.01. The lowest BCUT2D eigenvalue weighted by Crippen LogP contribution is -2.37. The molecule has 2 aromatic heterocycles. The number of nitrogens with zero attached hydrogens (tertiary/aromatic N) is 3. The molecule has 0 radical (unpaired) electrons. The highest BCUT2D eigenvalue weighted by Crippen LogP contribution is 2.46. The molecule has 0 aliphatic carbocycles. The quantitative estimate of drug-likeness (QED) is 0.410. The molecule has 0 spiro atoms. The van der Waals surface area contributed by atoms with Crippen LogP contribution in [-0.4, -0.2) is 18.8 Å². The second-order valence-electron chi connectivity index (χ2n) is 9.02. The van der Waals surface area contributed by atoms with Crippen LogP contribution in [0.1, 0.15) is 22.9 Å². The Balaban J connectivity index is 1.89. The molecule has 1 aliphatic heterocycles. The fourth-order valence-electron chi connectivity index (χ4n) is 5.25. The number of benzene rings is 3. The van der Waals surface area contributed by atoms with Crippen LogP contribution in [0.3, 0.4) is 0 Å². The SMILES string of the molecule is Cc1cccc(-c2c3c(=O)n(C)c(=O)n(C)c3c3n2-c2ccccc2N[C@H]3c2ccccc2O)c1. The summed E-state index contributed by atoms with van der Waals surface area (Å²) in [5.41, 5.74) is 5.59. The standard InChI is InChI=1S/C28H24N4O3/c1-16-9-8-10-17(15-16)24-22-25(30(2)28(35)31(3)27(22)34)26-23(18-11-4-7-14-21(18)33)29-19-12-5-6-13-20(19)32(24)26/h4-15,23,29,33H,1-3H3/t23-/m0/s1. The summed E-state index contributed by atoms with van der Waals surface area (Å²) in [4.78, 5) is 26.8. The van der Waals surface area contributed by atoms with Crippen LogP contribution >= 0.6 is 0 Å². The Morgan fingerprint density at radius 2 is 1.63 bits per heavy atom. The lowest BCUT2D eigenvalue weighted by molar-refractivity contribution is 0.465. The molecule has 0 amide bonds. The van der Waals surface area contributed by atoms with Crippen molar-refractivity contribution in [1.29, 1.82) is 0 Å². The molecule has 0 fully saturated rings. The van der Waals surface area contributed by atoms with E-state index in [9.17, 15) is 14.7 Å². The molecule has 0 saturated carbocycles. The van der Waals surface area contributed by atoms with Crippen molar-refractivity contribution in [1.82, 2.24) is 13.7 Å². The van der Waals surface area contributed by atoms with E-state index in [0.717, 1.165) is 38.5 Å². The van der Waals surface area contributed by atoms with Gasteiger partial charge in [-0.25, -0.2) is 4.79 Å². The lowest BCUT2D eigenvalue weighted by Gasteiger charge is -2.31. The van der Waals surface area contributed by atoms with Gasteiger partial charge in [0.2, 0.25) is 0 Å². The van der Waals surface area contributed by atoms with Gasteiger partial charge in [0, 0.05) is 19.7 Å². The van der Waals surface area contributed by atoms with E-state index in [0.29, 0.717) is 16.5 Å². The predicted octanol–water partition coefficient (Wildman–Crippen LogP) is 4.22. The number of aromatic nitrogens is 3. The number of anilines is 1. The summed E-state index contributed by atoms with van der Waals surface area (Å²) in [6.07, 6.45) is 0. The van der Waals surface area contributed by atoms with E-state index in [4.69, 9.17) is 0 Å². The van der Waals surface area contributed by atoms with Crippen LogP contribution in [0.4, 0.5) is 5.69 Å². The average Bonchev–Trinajstić information content (AvgIpc) is 3.23. The first-order valence-corrected chi connectivity index (χ1v) is 11.4. The van der Waals surface area contributed by atoms with E-state index in [2.05, 4.69) is 9.88 Å². The van der Waals surface area contributed by atoms with Gasteiger partial charge in [0.25, 0.3) is 5.56 Å². The fraction of sp³-hybridized carbons (Fsp3) is 0.143. The number of phenolic OH excluding ortho intramolecular Hbond substituents is 1. The number of rotatable bonds is 2. The van der Waals surface area contributed by atoms with Crippen molar-refractivity contribution in [2.75, 3.05) is 5.32 Å². The molecular weight excluding hydrogens is 440 g/mol. The molecule has 6 rings (SSSR count). The molecule has 1 aliphatic rings. The third-order valence-corrected chi connectivity index (χ3v) is 6.87. The number of phenols is 1. The Kier molecular flexibility index (Phi) is 4.51. The summed E-state index contributed by atoms with van der Waals surface area (Å²) in [7, 11) is 3.20. The molecule has 7 nitrogen and oxygen atoms in total. The first-order valence-electron chi connectivity index (χ1n) is 11.4. The Bertz CT molecular complexity index is 1770. The molecule has 7 heteroatoms. The first kappa shape index (κ1) is 21.0. The van der Waals surface area contributed by atoms with E-state index < -0.39 is 11.7 Å². The van der Waals surface area contributed by atoms with Crippen molar-refractivity contribution in [3.05, 3.63) is 110 Å². The molecule has 0 bridgehead atoms. The van der Waals surface area contributed by atoms with Gasteiger partial charge < -0.3 is 15.0 Å². The van der Waals surface area contributed by atoms with Crippen LogP contribution in [0, 0.1) is 6.92 Å². The van der Waals surface area contributed by atoms with Gasteiger partial charge in [-0.05, 0) is 36.8 Å². The van der Waals surface area contributed by atoms with Gasteiger partial charge in [-0.15, -0.1) is 0 Å². The van der Waals surface area contributed by atoms with Crippen molar-refractivity contribution in [3.8, 4) is 22.7 Å². The highest BCUT2D eigenvalue weighted by atomic mass is 16.3. The van der Waals surface area contributed by atoms with Crippen molar-refractivity contribution in [3.63, 3.8) is 0 Å². The molecule has 5 aromatic rings. The second kappa shape index (κ2) is 7.50. The van der Waals surface area contributed by atoms with E-state index in [1.165, 1.54) is 11.6 Å². The maximum absolute atomic E-state index is 13.7. The van der Waals surface area contributed by atoms with E-state index in [-0.39, 0.29) is 11.3 Å². The summed E-state index contributed by atoms with van der Waals surface area (Å²) in [5.74, 6) is 0.135. The van der Waals surface area contributed by atoms with Gasteiger partial charge in [0.05, 0.1) is 39.7 Å². The number of fused-ring (bicyclic) bond motifs is 5. The zero-order chi connectivity index (χ0) is 24.4. The first-order chi connectivity index (χ1) is 16.9. The minimum atomic E-state index is -0.495. The van der Waals surface area contributed by atoms with E-state index in [1.807, 2.05) is 67.6 Å². The van der Waals surface area contributed by atoms with Gasteiger partial charge >= 0.3 is 5.69 Å². The molecule has 0 saturated heterocycles. The summed E-state index contributed by atoms with van der Waals surface area (Å²) >= 11 is 0. The molecule has 2 N–H and O–H groups in total. The summed E-state index contributed by atoms with van der Waals surface area (Å²) in [5, 5.41) is 14.8. The van der Waals surface area contributed by atoms with Crippen LogP contribution in [0.15, 0.2) is 82.4 Å². The number of nitrogens with one attached hydrogen (secondary N) is 1. The highest BCUT2D eigenvalue weighted by Gasteiger charge is 2.35. The molecule has 0 unspecified atom stereocenters. The number of hydrogen-bond donors (Lipinski definition) is 2. The van der Waals surface area contributed by atoms with Gasteiger partial charge in [0.1, 0.15) is 5.75 Å². The number of aromatic hydroxyl groups is 1. The summed E-state index contributed by atoms with van der Waals surface area (Å²) < 4.78 is 4.76. The number of hydrogen-bond acceptors (Lipinski definition) is 4. The molecule has 35 heavy (non-hydrogen) atoms. The Morgan fingerprint density at radius 3 is 2.40 bits per heavy atom. The zero-order valence-electron chi connectivity index (χ0n) is 19.6. The fourth-order valence-corrected chi connectivity index (χ4v) is 5.25. The van der Waals surface area contributed by atoms with E-state index >= 15 is 0 Å². The zero-order valence-corrected chi connectivity index (χ0v) is 19.6. The molecule has 1 atom stereocenters. The normalized spacial score (nSPS) is 14.4. The maximum Gasteiger partial charge on any atom is 0.331 e. The van der Waals surface area contributed by atoms with Crippen LogP contribution in [0.5, 0.6) is 5.75 Å². The van der Waals surface area contributed by atoms with Gasteiger partial charge in [-0.3, -0.25) is 13.9 Å². The minimum absolute atomic E-state index is 0.135. The predicted molar refractivity (Wildman–Crippen MR) is 138 cm³/mol. The topological polar surface area (TPSA) is 81.2 Å². The van der Waals surface area contributed by atoms with Gasteiger partial charge in [-0.2, -0.15) is 0 Å². The van der Waals surface area contributed by atoms with Crippen molar-refractivity contribution in [2.45, 2.75) is 13.0 Å². The third kappa shape index (κ3) is 2.91. The van der Waals surface area contributed by atoms with Crippen molar-refractivity contribution >= 4 is 16.6 Å². The van der Waals surface area contributed by atoms with E-state index in [1.54, 1.807) is 19.2 Å². The summed E-state index contributed by atoms with van der Waals surface area (Å²) in [6, 6.07) is 22.5. The largest absolute Gasteiger partial charge is 0.508 e.